The van der Waals surface area contributed by atoms with E-state index in [1.807, 2.05) is 0 Å². The van der Waals surface area contributed by atoms with Crippen LogP contribution >= 0.6 is 0 Å². The van der Waals surface area contributed by atoms with Crippen LogP contribution in [0, 0.1) is 17.8 Å². The third-order valence-electron chi connectivity index (χ3n) is 7.10. The molecule has 0 aromatic rings. The molecule has 1 atom stereocenters. The van der Waals surface area contributed by atoms with Crippen molar-refractivity contribution >= 4 is 11.9 Å². The number of carbonyl (C=O) groups is 2. The lowest BCUT2D eigenvalue weighted by molar-refractivity contribution is -0.185. The molecule has 0 amide bonds. The molecule has 0 radical (unpaired) electrons. The number of aliphatic hydroxyl groups is 1. The van der Waals surface area contributed by atoms with E-state index in [0.29, 0.717) is 31.8 Å². The fourth-order valence-electron chi connectivity index (χ4n) is 5.04. The fourth-order valence-corrected chi connectivity index (χ4v) is 5.04. The van der Waals surface area contributed by atoms with Crippen LogP contribution in [0.25, 0.3) is 0 Å². The van der Waals surface area contributed by atoms with Gasteiger partial charge in [-0.15, -0.1) is 0 Å². The smallest absolute Gasteiger partial charge is 0.309 e. The van der Waals surface area contributed by atoms with Crippen LogP contribution in [0.4, 0.5) is 0 Å². The number of carbonyl (C=O) groups excluding carboxylic acids is 1. The SMILES string of the molecule is COC1CCC(OC(=O)C2CCC(OC(O)C3CCC(C(=O)O)CC3)CC2)CC1. The Kier molecular flexibility index (Phi) is 8.33. The number of hydrogen-bond acceptors (Lipinski definition) is 6. The third kappa shape index (κ3) is 6.40. The van der Waals surface area contributed by atoms with Gasteiger partial charge in [0.25, 0.3) is 0 Å². The van der Waals surface area contributed by atoms with Crippen LogP contribution in [0.1, 0.15) is 77.0 Å². The second-order valence-electron chi connectivity index (χ2n) is 9.02. The Bertz CT molecular complexity index is 527. The molecule has 7 heteroatoms. The Balaban J connectivity index is 1.34. The predicted molar refractivity (Wildman–Crippen MR) is 105 cm³/mol. The number of ether oxygens (including phenoxy) is 3. The molecular weight excluding hydrogens is 376 g/mol. The molecule has 29 heavy (non-hydrogen) atoms. The normalized spacial score (nSPS) is 36.9. The molecule has 0 aliphatic heterocycles. The molecule has 3 rings (SSSR count). The van der Waals surface area contributed by atoms with Gasteiger partial charge in [-0.05, 0) is 77.0 Å². The summed E-state index contributed by atoms with van der Waals surface area (Å²) >= 11 is 0. The van der Waals surface area contributed by atoms with Crippen LogP contribution in [0.3, 0.4) is 0 Å². The van der Waals surface area contributed by atoms with Crippen molar-refractivity contribution in [1.29, 1.82) is 0 Å². The third-order valence-corrected chi connectivity index (χ3v) is 7.10. The van der Waals surface area contributed by atoms with Gasteiger partial charge in [0.2, 0.25) is 0 Å². The van der Waals surface area contributed by atoms with Gasteiger partial charge < -0.3 is 24.4 Å². The average molecular weight is 413 g/mol. The molecule has 3 aliphatic rings. The molecular formula is C22H36O7. The van der Waals surface area contributed by atoms with Crippen molar-refractivity contribution in [2.24, 2.45) is 17.8 Å². The first kappa shape index (κ1) is 22.5. The maximum absolute atomic E-state index is 12.5. The molecule has 7 nitrogen and oxygen atoms in total. The highest BCUT2D eigenvalue weighted by Gasteiger charge is 2.34. The van der Waals surface area contributed by atoms with Gasteiger partial charge in [0.1, 0.15) is 6.10 Å². The summed E-state index contributed by atoms with van der Waals surface area (Å²) < 4.78 is 17.0. The van der Waals surface area contributed by atoms with Crippen LogP contribution in [0.2, 0.25) is 0 Å². The quantitative estimate of drug-likeness (QED) is 0.489. The molecule has 0 saturated heterocycles. The lowest BCUT2D eigenvalue weighted by atomic mass is 9.81. The number of esters is 1. The van der Waals surface area contributed by atoms with E-state index < -0.39 is 12.3 Å². The van der Waals surface area contributed by atoms with Gasteiger partial charge in [-0.25, -0.2) is 0 Å². The Morgan fingerprint density at radius 3 is 1.83 bits per heavy atom. The van der Waals surface area contributed by atoms with Gasteiger partial charge >= 0.3 is 11.9 Å². The van der Waals surface area contributed by atoms with Crippen LogP contribution in [-0.2, 0) is 23.8 Å². The molecule has 0 aromatic heterocycles. The molecule has 0 bridgehead atoms. The molecule has 3 aliphatic carbocycles. The molecule has 1 unspecified atom stereocenters. The summed E-state index contributed by atoms with van der Waals surface area (Å²) in [5.41, 5.74) is 0. The largest absolute Gasteiger partial charge is 0.481 e. The Morgan fingerprint density at radius 1 is 0.759 bits per heavy atom. The number of carboxylic acids is 1. The number of rotatable bonds is 7. The van der Waals surface area contributed by atoms with Gasteiger partial charge in [-0.1, -0.05) is 0 Å². The van der Waals surface area contributed by atoms with E-state index in [9.17, 15) is 14.7 Å². The molecule has 3 fully saturated rings. The van der Waals surface area contributed by atoms with Gasteiger partial charge in [0, 0.05) is 13.0 Å². The molecule has 3 saturated carbocycles. The standard InChI is InChI=1S/C22H36O7/c1-27-17-10-12-19(13-11-17)29-22(26)16-6-8-18(9-7-16)28-21(25)15-4-2-14(3-5-15)20(23)24/h14-19,21,25H,2-13H2,1H3,(H,23,24). The summed E-state index contributed by atoms with van der Waals surface area (Å²) in [6.07, 6.45) is 8.61. The zero-order chi connectivity index (χ0) is 20.8. The van der Waals surface area contributed by atoms with Crippen LogP contribution in [0.15, 0.2) is 0 Å². The van der Waals surface area contributed by atoms with E-state index in [1.54, 1.807) is 7.11 Å². The summed E-state index contributed by atoms with van der Waals surface area (Å²) in [5, 5.41) is 19.5. The van der Waals surface area contributed by atoms with Gasteiger partial charge in [-0.2, -0.15) is 0 Å². The highest BCUT2D eigenvalue weighted by atomic mass is 16.6. The van der Waals surface area contributed by atoms with E-state index in [2.05, 4.69) is 0 Å². The van der Waals surface area contributed by atoms with E-state index in [1.165, 1.54) is 0 Å². The van der Waals surface area contributed by atoms with E-state index in [0.717, 1.165) is 51.4 Å². The Morgan fingerprint density at radius 2 is 1.28 bits per heavy atom. The summed E-state index contributed by atoms with van der Waals surface area (Å²) in [5.74, 6) is -1.18. The van der Waals surface area contributed by atoms with Crippen molar-refractivity contribution in [2.45, 2.75) is 102 Å². The first-order chi connectivity index (χ1) is 14.0. The monoisotopic (exact) mass is 412 g/mol. The highest BCUT2D eigenvalue weighted by Crippen LogP contribution is 2.34. The zero-order valence-electron chi connectivity index (χ0n) is 17.5. The lowest BCUT2D eigenvalue weighted by Gasteiger charge is -2.34. The second-order valence-corrected chi connectivity index (χ2v) is 9.02. The minimum absolute atomic E-state index is 0.00974. The van der Waals surface area contributed by atoms with Crippen molar-refractivity contribution in [1.82, 2.24) is 0 Å². The Labute approximate surface area is 173 Å². The Hall–Kier alpha value is -1.18. The van der Waals surface area contributed by atoms with Crippen LogP contribution in [-0.4, -0.2) is 53.9 Å². The molecule has 0 spiro atoms. The predicted octanol–water partition coefficient (Wildman–Crippen LogP) is 3.27. The summed E-state index contributed by atoms with van der Waals surface area (Å²) in [6, 6.07) is 0. The van der Waals surface area contributed by atoms with Crippen molar-refractivity contribution in [2.75, 3.05) is 7.11 Å². The van der Waals surface area contributed by atoms with Gasteiger partial charge in [0.05, 0.1) is 24.0 Å². The summed E-state index contributed by atoms with van der Waals surface area (Å²) in [7, 11) is 1.73. The fraction of sp³-hybridized carbons (Fsp3) is 0.909. The first-order valence-corrected chi connectivity index (χ1v) is 11.3. The molecule has 2 N–H and O–H groups in total. The molecule has 0 heterocycles. The van der Waals surface area contributed by atoms with Crippen molar-refractivity contribution in [3.05, 3.63) is 0 Å². The van der Waals surface area contributed by atoms with E-state index in [-0.39, 0.29) is 35.9 Å². The number of carboxylic acid groups (broad SMARTS) is 1. The minimum Gasteiger partial charge on any atom is -0.481 e. The number of hydrogen-bond donors (Lipinski definition) is 2. The lowest BCUT2D eigenvalue weighted by Crippen LogP contribution is -2.36. The highest BCUT2D eigenvalue weighted by molar-refractivity contribution is 5.72. The van der Waals surface area contributed by atoms with E-state index in [4.69, 9.17) is 19.3 Å². The second kappa shape index (κ2) is 10.7. The minimum atomic E-state index is -0.839. The molecule has 0 aromatic carbocycles. The van der Waals surface area contributed by atoms with Crippen molar-refractivity contribution in [3.8, 4) is 0 Å². The first-order valence-electron chi connectivity index (χ1n) is 11.3. The van der Waals surface area contributed by atoms with E-state index >= 15 is 0 Å². The van der Waals surface area contributed by atoms with Gasteiger partial charge in [-0.3, -0.25) is 9.59 Å². The van der Waals surface area contributed by atoms with Crippen LogP contribution in [0.5, 0.6) is 0 Å². The summed E-state index contributed by atoms with van der Waals surface area (Å²) in [6.45, 7) is 0. The van der Waals surface area contributed by atoms with Gasteiger partial charge in [0.15, 0.2) is 6.29 Å². The molecule has 166 valence electrons. The van der Waals surface area contributed by atoms with Crippen molar-refractivity contribution < 1.29 is 34.0 Å². The summed E-state index contributed by atoms with van der Waals surface area (Å²) in [4.78, 5) is 23.5. The maximum atomic E-state index is 12.5. The average Bonchev–Trinajstić information content (AvgIpc) is 2.74. The zero-order valence-corrected chi connectivity index (χ0v) is 17.5. The van der Waals surface area contributed by atoms with Crippen LogP contribution < -0.4 is 0 Å². The topological polar surface area (TPSA) is 102 Å². The number of aliphatic carboxylic acids is 1. The number of aliphatic hydroxyl groups excluding tert-OH is 1. The maximum Gasteiger partial charge on any atom is 0.309 e. The van der Waals surface area contributed by atoms with Crippen molar-refractivity contribution in [3.63, 3.8) is 0 Å². The number of methoxy groups -OCH3 is 1.